The van der Waals surface area contributed by atoms with E-state index in [9.17, 15) is 0 Å². The van der Waals surface area contributed by atoms with Crippen LogP contribution in [0.15, 0.2) is 0 Å². The standard InChI is InChI=1S/C14H26BrN/c1-12(2,3)16-9-5-6-13(16,4)10-14(11-15)7-8-14/h5-11H2,1-4H3. The zero-order chi connectivity index (χ0) is 12.0. The molecule has 1 saturated carbocycles. The minimum absolute atomic E-state index is 0.327. The summed E-state index contributed by atoms with van der Waals surface area (Å²) in [6, 6.07) is 0. The summed E-state index contributed by atoms with van der Waals surface area (Å²) in [5.41, 5.74) is 1.42. The topological polar surface area (TPSA) is 3.24 Å². The van der Waals surface area contributed by atoms with Gasteiger partial charge >= 0.3 is 0 Å². The molecule has 0 spiro atoms. The number of nitrogens with zero attached hydrogens (tertiary/aromatic N) is 1. The lowest BCUT2D eigenvalue weighted by atomic mass is 9.83. The molecular formula is C14H26BrN. The number of alkyl halides is 1. The number of halogens is 1. The van der Waals surface area contributed by atoms with Gasteiger partial charge in [0.2, 0.25) is 0 Å². The summed E-state index contributed by atoms with van der Waals surface area (Å²) in [6.45, 7) is 10.9. The second kappa shape index (κ2) is 3.98. The van der Waals surface area contributed by atoms with Crippen LogP contribution in [-0.4, -0.2) is 27.9 Å². The molecule has 0 amide bonds. The smallest absolute Gasteiger partial charge is 0.0192 e. The Labute approximate surface area is 109 Å². The number of hydrogen-bond acceptors (Lipinski definition) is 1. The van der Waals surface area contributed by atoms with Crippen LogP contribution in [0.1, 0.15) is 59.8 Å². The lowest BCUT2D eigenvalue weighted by Crippen LogP contribution is -2.52. The number of rotatable bonds is 3. The van der Waals surface area contributed by atoms with Gasteiger partial charge in [-0.3, -0.25) is 4.90 Å². The van der Waals surface area contributed by atoms with Gasteiger partial charge in [-0.15, -0.1) is 0 Å². The van der Waals surface area contributed by atoms with Crippen LogP contribution < -0.4 is 0 Å². The third-order valence-corrected chi connectivity index (χ3v) is 5.74. The molecule has 0 aromatic rings. The SMILES string of the molecule is CC(C)(C)N1CCCC1(C)CC1(CBr)CC1. The molecule has 2 aliphatic rings. The van der Waals surface area contributed by atoms with Crippen molar-refractivity contribution in [3.8, 4) is 0 Å². The molecule has 16 heavy (non-hydrogen) atoms. The normalized spacial score (nSPS) is 34.3. The fourth-order valence-electron chi connectivity index (χ4n) is 3.69. The molecule has 1 aliphatic carbocycles. The Hall–Kier alpha value is 0.440. The van der Waals surface area contributed by atoms with Gasteiger partial charge in [-0.1, -0.05) is 15.9 Å². The third-order valence-electron chi connectivity index (χ3n) is 4.55. The summed E-state index contributed by atoms with van der Waals surface area (Å²) in [6.07, 6.45) is 7.03. The Balaban J connectivity index is 2.11. The van der Waals surface area contributed by atoms with Crippen LogP contribution in [0.2, 0.25) is 0 Å². The molecule has 0 aromatic heterocycles. The maximum absolute atomic E-state index is 3.72. The fourth-order valence-corrected chi connectivity index (χ4v) is 4.45. The monoisotopic (exact) mass is 287 g/mol. The average Bonchev–Trinajstić information content (AvgIpc) is 2.80. The highest BCUT2D eigenvalue weighted by Gasteiger charge is 2.51. The molecule has 0 aromatic carbocycles. The summed E-state index contributed by atoms with van der Waals surface area (Å²) < 4.78 is 0. The van der Waals surface area contributed by atoms with Crippen LogP contribution >= 0.6 is 15.9 Å². The molecule has 2 heteroatoms. The summed E-state index contributed by atoms with van der Waals surface area (Å²) in [5, 5.41) is 1.20. The maximum atomic E-state index is 3.72. The second-order valence-corrected chi connectivity index (χ2v) is 7.79. The maximum Gasteiger partial charge on any atom is 0.0192 e. The molecular weight excluding hydrogens is 262 g/mol. The van der Waals surface area contributed by atoms with E-state index in [4.69, 9.17) is 0 Å². The minimum atomic E-state index is 0.327. The van der Waals surface area contributed by atoms with E-state index in [2.05, 4.69) is 48.5 Å². The third kappa shape index (κ3) is 2.33. The fraction of sp³-hybridized carbons (Fsp3) is 1.00. The molecule has 0 radical (unpaired) electrons. The first-order chi connectivity index (χ1) is 7.31. The number of hydrogen-bond donors (Lipinski definition) is 0. The van der Waals surface area contributed by atoms with Crippen molar-refractivity contribution in [1.82, 2.24) is 4.90 Å². The molecule has 1 nitrogen and oxygen atoms in total. The lowest BCUT2D eigenvalue weighted by molar-refractivity contribution is 0.0372. The predicted molar refractivity (Wildman–Crippen MR) is 74.2 cm³/mol. The summed E-state index contributed by atoms with van der Waals surface area (Å²) in [4.78, 5) is 2.75. The first-order valence-electron chi connectivity index (χ1n) is 6.65. The highest BCUT2D eigenvalue weighted by Crippen LogP contribution is 2.55. The summed E-state index contributed by atoms with van der Waals surface area (Å²) in [5.74, 6) is 0. The van der Waals surface area contributed by atoms with E-state index in [1.54, 1.807) is 0 Å². The first kappa shape index (κ1) is 12.9. The van der Waals surface area contributed by atoms with Crippen molar-refractivity contribution < 1.29 is 0 Å². The van der Waals surface area contributed by atoms with Gasteiger partial charge in [-0.2, -0.15) is 0 Å². The van der Waals surface area contributed by atoms with Gasteiger partial charge in [0.05, 0.1) is 0 Å². The van der Waals surface area contributed by atoms with Gasteiger partial charge < -0.3 is 0 Å². The van der Waals surface area contributed by atoms with Crippen LogP contribution in [0.3, 0.4) is 0 Å². The van der Waals surface area contributed by atoms with Gasteiger partial charge in [0.25, 0.3) is 0 Å². The molecule has 1 atom stereocenters. The van der Waals surface area contributed by atoms with Gasteiger partial charge in [0.1, 0.15) is 0 Å². The molecule has 1 heterocycles. The van der Waals surface area contributed by atoms with Crippen molar-refractivity contribution in [2.45, 2.75) is 70.9 Å². The van der Waals surface area contributed by atoms with E-state index in [1.165, 1.54) is 44.0 Å². The Morgan fingerprint density at radius 3 is 2.25 bits per heavy atom. The summed E-state index contributed by atoms with van der Waals surface area (Å²) >= 11 is 3.72. The van der Waals surface area contributed by atoms with E-state index in [-0.39, 0.29) is 0 Å². The van der Waals surface area contributed by atoms with Crippen molar-refractivity contribution in [3.05, 3.63) is 0 Å². The molecule has 0 N–H and O–H groups in total. The quantitative estimate of drug-likeness (QED) is 0.703. The minimum Gasteiger partial charge on any atom is -0.293 e. The highest BCUT2D eigenvalue weighted by molar-refractivity contribution is 9.09. The van der Waals surface area contributed by atoms with Gasteiger partial charge in [-0.05, 0) is 71.8 Å². The Bertz CT molecular complexity index is 264. The van der Waals surface area contributed by atoms with Gasteiger partial charge in [-0.25, -0.2) is 0 Å². The van der Waals surface area contributed by atoms with Crippen molar-refractivity contribution >= 4 is 15.9 Å². The Morgan fingerprint density at radius 1 is 1.19 bits per heavy atom. The van der Waals surface area contributed by atoms with Crippen molar-refractivity contribution in [2.75, 3.05) is 11.9 Å². The zero-order valence-electron chi connectivity index (χ0n) is 11.3. The molecule has 2 fully saturated rings. The molecule has 0 bridgehead atoms. The Kier molecular flexibility index (Phi) is 3.21. The largest absolute Gasteiger partial charge is 0.293 e. The van der Waals surface area contributed by atoms with Crippen LogP contribution in [0.4, 0.5) is 0 Å². The molecule has 1 aliphatic heterocycles. The number of likely N-dealkylation sites (tertiary alicyclic amines) is 1. The molecule has 1 unspecified atom stereocenters. The van der Waals surface area contributed by atoms with Crippen LogP contribution in [0, 0.1) is 5.41 Å². The average molecular weight is 288 g/mol. The van der Waals surface area contributed by atoms with Crippen molar-refractivity contribution in [3.63, 3.8) is 0 Å². The van der Waals surface area contributed by atoms with E-state index in [0.29, 0.717) is 16.5 Å². The van der Waals surface area contributed by atoms with Crippen LogP contribution in [0.5, 0.6) is 0 Å². The van der Waals surface area contributed by atoms with E-state index in [1.807, 2.05) is 0 Å². The zero-order valence-corrected chi connectivity index (χ0v) is 12.9. The second-order valence-electron chi connectivity index (χ2n) is 7.23. The lowest BCUT2D eigenvalue weighted by Gasteiger charge is -2.46. The molecule has 1 saturated heterocycles. The van der Waals surface area contributed by atoms with Gasteiger partial charge in [0.15, 0.2) is 0 Å². The van der Waals surface area contributed by atoms with Crippen molar-refractivity contribution in [2.24, 2.45) is 5.41 Å². The Morgan fingerprint density at radius 2 is 1.81 bits per heavy atom. The first-order valence-corrected chi connectivity index (χ1v) is 7.77. The predicted octanol–water partition coefficient (Wildman–Crippen LogP) is 4.20. The van der Waals surface area contributed by atoms with Crippen LogP contribution in [0.25, 0.3) is 0 Å². The van der Waals surface area contributed by atoms with E-state index < -0.39 is 0 Å². The van der Waals surface area contributed by atoms with E-state index >= 15 is 0 Å². The van der Waals surface area contributed by atoms with E-state index in [0.717, 1.165) is 0 Å². The summed E-state index contributed by atoms with van der Waals surface area (Å²) in [7, 11) is 0. The van der Waals surface area contributed by atoms with Gasteiger partial charge in [0, 0.05) is 16.4 Å². The van der Waals surface area contributed by atoms with Crippen LogP contribution in [-0.2, 0) is 0 Å². The van der Waals surface area contributed by atoms with Crippen molar-refractivity contribution in [1.29, 1.82) is 0 Å². The highest BCUT2D eigenvalue weighted by atomic mass is 79.9. The molecule has 94 valence electrons. The molecule has 2 rings (SSSR count).